The summed E-state index contributed by atoms with van der Waals surface area (Å²) in [6.45, 7) is 2.73. The average Bonchev–Trinajstić information content (AvgIpc) is 2.72. The third-order valence-electron chi connectivity index (χ3n) is 6.30. The van der Waals surface area contributed by atoms with Crippen LogP contribution in [0.25, 0.3) is 0 Å². The van der Waals surface area contributed by atoms with Gasteiger partial charge in [-0.2, -0.15) is 0 Å². The number of aldehydes is 1. The maximum Gasteiger partial charge on any atom is 0.228 e. The fraction of sp³-hybridized carbons (Fsp3) is 0.391. The van der Waals surface area contributed by atoms with Crippen LogP contribution >= 0.6 is 0 Å². The summed E-state index contributed by atoms with van der Waals surface area (Å²) in [6.07, 6.45) is 0.550. The van der Waals surface area contributed by atoms with Gasteiger partial charge in [-0.15, -0.1) is 0 Å². The molecular formula is C23H25NO6. The zero-order chi connectivity index (χ0) is 22.1. The maximum atomic E-state index is 12.7. The third kappa shape index (κ3) is 3.61. The molecule has 2 aromatic carbocycles. The van der Waals surface area contributed by atoms with E-state index < -0.39 is 46.0 Å². The molecule has 0 spiro atoms. The number of rotatable bonds is 6. The summed E-state index contributed by atoms with van der Waals surface area (Å²) in [4.78, 5) is 36.7. The van der Waals surface area contributed by atoms with Gasteiger partial charge in [-0.25, -0.2) is 0 Å². The van der Waals surface area contributed by atoms with E-state index in [9.17, 15) is 24.8 Å². The molecule has 0 amide bonds. The van der Waals surface area contributed by atoms with Gasteiger partial charge in [0.05, 0.1) is 36.4 Å². The summed E-state index contributed by atoms with van der Waals surface area (Å²) < 4.78 is 5.17. The lowest BCUT2D eigenvalue weighted by molar-refractivity contribution is -0.539. The van der Waals surface area contributed by atoms with Crippen LogP contribution in [-0.2, 0) is 9.59 Å². The van der Waals surface area contributed by atoms with Gasteiger partial charge in [0.1, 0.15) is 17.8 Å². The van der Waals surface area contributed by atoms with E-state index in [1.54, 1.807) is 54.6 Å². The first-order valence-electron chi connectivity index (χ1n) is 9.74. The molecular weight excluding hydrogens is 386 g/mol. The minimum absolute atomic E-state index is 0.397. The summed E-state index contributed by atoms with van der Waals surface area (Å²) in [6, 6.07) is 14.1. The first-order chi connectivity index (χ1) is 14.2. The molecule has 0 aliphatic heterocycles. The number of nitrogens with zero attached hydrogens (tertiary/aromatic N) is 1. The van der Waals surface area contributed by atoms with Crippen LogP contribution in [0.3, 0.4) is 0 Å². The number of nitro groups is 1. The van der Waals surface area contributed by atoms with Crippen molar-refractivity contribution in [1.29, 1.82) is 0 Å². The number of ketones is 1. The second-order valence-electron chi connectivity index (χ2n) is 7.99. The van der Waals surface area contributed by atoms with Crippen molar-refractivity contribution < 1.29 is 24.4 Å². The highest BCUT2D eigenvalue weighted by molar-refractivity contribution is 5.82. The number of methoxy groups -OCH3 is 1. The molecule has 0 unspecified atom stereocenters. The largest absolute Gasteiger partial charge is 0.497 e. The Bertz CT molecular complexity index is 924. The van der Waals surface area contributed by atoms with E-state index in [2.05, 4.69) is 0 Å². The van der Waals surface area contributed by atoms with Gasteiger partial charge in [0.25, 0.3) is 0 Å². The topological polar surface area (TPSA) is 107 Å². The van der Waals surface area contributed by atoms with Crippen LogP contribution in [0, 0.1) is 22.0 Å². The van der Waals surface area contributed by atoms with E-state index in [1.165, 1.54) is 21.0 Å². The van der Waals surface area contributed by atoms with Gasteiger partial charge in [-0.05, 0) is 37.1 Å². The molecule has 1 saturated carbocycles. The Morgan fingerprint density at radius 3 is 2.13 bits per heavy atom. The molecule has 0 radical (unpaired) electrons. The average molecular weight is 411 g/mol. The molecule has 0 saturated heterocycles. The highest BCUT2D eigenvalue weighted by atomic mass is 16.6. The number of ether oxygens (including phenoxy) is 1. The maximum absolute atomic E-state index is 12.7. The monoisotopic (exact) mass is 411 g/mol. The second-order valence-corrected chi connectivity index (χ2v) is 7.99. The van der Waals surface area contributed by atoms with E-state index in [1.807, 2.05) is 0 Å². The SMILES string of the molecule is COc1ccc([C@H]2[C@@H]([N+](=O)[O-])[C@@H](c3ccccc3)[C@H](C=O)[C@](C)(O)[C@@H]2C(C)=O)cc1. The van der Waals surface area contributed by atoms with Crippen LogP contribution < -0.4 is 4.74 Å². The quantitative estimate of drug-likeness (QED) is 0.445. The minimum Gasteiger partial charge on any atom is -0.497 e. The lowest BCUT2D eigenvalue weighted by atomic mass is 9.54. The highest BCUT2D eigenvalue weighted by Crippen LogP contribution is 2.53. The van der Waals surface area contributed by atoms with Crippen LogP contribution in [-0.4, -0.2) is 40.9 Å². The molecule has 3 rings (SSSR count). The minimum atomic E-state index is -1.76. The standard InChI is InChI=1S/C23H25NO6/c1-14(26)21-20(16-9-11-17(30-3)12-10-16)22(24(28)29)19(15-7-5-4-6-8-15)18(13-25)23(21,2)27/h4-13,18-22,27H,1-3H3/t18-,19-,20+,21+,22-,23-/m0/s1. The summed E-state index contributed by atoms with van der Waals surface area (Å²) in [5.74, 6) is -3.86. The van der Waals surface area contributed by atoms with Crippen LogP contribution in [0.15, 0.2) is 54.6 Å². The van der Waals surface area contributed by atoms with Crippen molar-refractivity contribution in [3.63, 3.8) is 0 Å². The lowest BCUT2D eigenvalue weighted by Gasteiger charge is -2.49. The molecule has 7 heteroatoms. The van der Waals surface area contributed by atoms with Crippen LogP contribution in [0.1, 0.15) is 36.8 Å². The van der Waals surface area contributed by atoms with Crippen molar-refractivity contribution in [1.82, 2.24) is 0 Å². The number of hydrogen-bond donors (Lipinski definition) is 1. The van der Waals surface area contributed by atoms with Gasteiger partial charge in [-0.3, -0.25) is 14.9 Å². The fourth-order valence-electron chi connectivity index (χ4n) is 5.01. The molecule has 0 aromatic heterocycles. The molecule has 1 N–H and O–H groups in total. The zero-order valence-corrected chi connectivity index (χ0v) is 17.1. The van der Waals surface area contributed by atoms with Gasteiger partial charge < -0.3 is 14.6 Å². The molecule has 30 heavy (non-hydrogen) atoms. The molecule has 1 fully saturated rings. The first-order valence-corrected chi connectivity index (χ1v) is 9.74. The van der Waals surface area contributed by atoms with E-state index in [-0.39, 0.29) is 0 Å². The van der Waals surface area contributed by atoms with Gasteiger partial charge in [0.2, 0.25) is 6.04 Å². The fourth-order valence-corrected chi connectivity index (χ4v) is 5.01. The van der Waals surface area contributed by atoms with Crippen LogP contribution in [0.4, 0.5) is 0 Å². The predicted octanol–water partition coefficient (Wildman–Crippen LogP) is 2.99. The van der Waals surface area contributed by atoms with Crippen molar-refractivity contribution in [2.75, 3.05) is 7.11 Å². The number of Topliss-reactive ketones (excluding diaryl/α,β-unsaturated/α-hetero) is 1. The van der Waals surface area contributed by atoms with Gasteiger partial charge in [0.15, 0.2) is 0 Å². The van der Waals surface area contributed by atoms with Crippen LogP contribution in [0.5, 0.6) is 5.75 Å². The number of carbonyl (C=O) groups is 2. The Morgan fingerprint density at radius 2 is 1.67 bits per heavy atom. The van der Waals surface area contributed by atoms with Gasteiger partial charge in [-0.1, -0.05) is 42.5 Å². The summed E-state index contributed by atoms with van der Waals surface area (Å²) >= 11 is 0. The molecule has 0 bridgehead atoms. The zero-order valence-electron chi connectivity index (χ0n) is 17.1. The Morgan fingerprint density at radius 1 is 1.10 bits per heavy atom. The van der Waals surface area contributed by atoms with Crippen molar-refractivity contribution in [3.05, 3.63) is 75.8 Å². The smallest absolute Gasteiger partial charge is 0.228 e. The Balaban J connectivity index is 2.27. The molecule has 1 aliphatic carbocycles. The molecule has 2 aromatic rings. The van der Waals surface area contributed by atoms with Crippen molar-refractivity contribution in [2.24, 2.45) is 11.8 Å². The van der Waals surface area contributed by atoms with E-state index in [4.69, 9.17) is 4.74 Å². The van der Waals surface area contributed by atoms with Gasteiger partial charge >= 0.3 is 0 Å². The van der Waals surface area contributed by atoms with Crippen molar-refractivity contribution in [3.8, 4) is 5.75 Å². The van der Waals surface area contributed by atoms with Gasteiger partial charge in [0, 0.05) is 4.92 Å². The van der Waals surface area contributed by atoms with Crippen LogP contribution in [0.2, 0.25) is 0 Å². The molecule has 7 nitrogen and oxygen atoms in total. The van der Waals surface area contributed by atoms with Crippen molar-refractivity contribution >= 4 is 12.1 Å². The predicted molar refractivity (Wildman–Crippen MR) is 110 cm³/mol. The molecule has 6 atom stereocenters. The highest BCUT2D eigenvalue weighted by Gasteiger charge is 2.63. The van der Waals surface area contributed by atoms with E-state index >= 15 is 0 Å². The Labute approximate surface area is 174 Å². The molecule has 0 heterocycles. The third-order valence-corrected chi connectivity index (χ3v) is 6.30. The Hall–Kier alpha value is -3.06. The first kappa shape index (κ1) is 21.6. The number of carbonyl (C=O) groups excluding carboxylic acids is 2. The molecule has 158 valence electrons. The number of hydrogen-bond acceptors (Lipinski definition) is 6. The summed E-state index contributed by atoms with van der Waals surface area (Å²) in [7, 11) is 1.51. The normalized spacial score (nSPS) is 31.0. The molecule has 1 aliphatic rings. The number of benzene rings is 2. The Kier molecular flexibility index (Phi) is 6.03. The second kappa shape index (κ2) is 8.36. The lowest BCUT2D eigenvalue weighted by Crippen LogP contribution is -2.61. The van der Waals surface area contributed by atoms with Crippen molar-refractivity contribution in [2.45, 2.75) is 37.3 Å². The summed E-state index contributed by atoms with van der Waals surface area (Å²) in [5.41, 5.74) is -0.633. The van der Waals surface area contributed by atoms with E-state index in [0.29, 0.717) is 23.2 Å². The van der Waals surface area contributed by atoms with E-state index in [0.717, 1.165) is 0 Å². The summed E-state index contributed by atoms with van der Waals surface area (Å²) in [5, 5.41) is 23.8. The number of aliphatic hydroxyl groups is 1.